The van der Waals surface area contributed by atoms with Crippen LogP contribution in [0.15, 0.2) is 44.7 Å². The van der Waals surface area contributed by atoms with E-state index in [1.54, 1.807) is 0 Å². The van der Waals surface area contributed by atoms with Crippen molar-refractivity contribution >= 4 is 11.8 Å². The van der Waals surface area contributed by atoms with Gasteiger partial charge in [-0.05, 0) is 23.9 Å². The predicted octanol–water partition coefficient (Wildman–Crippen LogP) is 3.26. The van der Waals surface area contributed by atoms with E-state index in [2.05, 4.69) is 4.98 Å². The van der Waals surface area contributed by atoms with Gasteiger partial charge in [-0.15, -0.1) is 0 Å². The first-order valence-electron chi connectivity index (χ1n) is 4.96. The SMILES string of the molecule is CCc1nc(C#N)c(Sc2ccccc2)o1. The largest absolute Gasteiger partial charge is 0.433 e. The summed E-state index contributed by atoms with van der Waals surface area (Å²) < 4.78 is 5.49. The molecule has 2 rings (SSSR count). The standard InChI is InChI=1S/C12H10N2OS/c1-2-11-14-10(8-13)12(15-11)16-9-6-4-3-5-7-9/h3-7H,2H2,1H3. The number of nitrogens with zero attached hydrogens (tertiary/aromatic N) is 2. The van der Waals surface area contributed by atoms with Gasteiger partial charge in [0, 0.05) is 11.3 Å². The third-order valence-corrected chi connectivity index (χ3v) is 2.97. The molecule has 16 heavy (non-hydrogen) atoms. The molecular weight excluding hydrogens is 220 g/mol. The molecule has 80 valence electrons. The quantitative estimate of drug-likeness (QED) is 0.812. The van der Waals surface area contributed by atoms with Gasteiger partial charge in [-0.1, -0.05) is 25.1 Å². The maximum atomic E-state index is 8.92. The molecule has 0 unspecified atom stereocenters. The van der Waals surface area contributed by atoms with Crippen LogP contribution in [0.3, 0.4) is 0 Å². The van der Waals surface area contributed by atoms with E-state index in [1.165, 1.54) is 11.8 Å². The number of hydrogen-bond donors (Lipinski definition) is 0. The molecule has 0 saturated carbocycles. The number of benzene rings is 1. The first-order chi connectivity index (χ1) is 7.83. The summed E-state index contributed by atoms with van der Waals surface area (Å²) in [6.07, 6.45) is 0.698. The Hall–Kier alpha value is -1.73. The molecule has 0 bridgehead atoms. The number of hydrogen-bond acceptors (Lipinski definition) is 4. The van der Waals surface area contributed by atoms with Crippen LogP contribution in [-0.4, -0.2) is 4.98 Å². The van der Waals surface area contributed by atoms with Gasteiger partial charge in [-0.25, -0.2) is 4.98 Å². The molecule has 1 aromatic heterocycles. The van der Waals surface area contributed by atoms with Crippen LogP contribution in [0.5, 0.6) is 0 Å². The monoisotopic (exact) mass is 230 g/mol. The highest BCUT2D eigenvalue weighted by Gasteiger charge is 2.12. The average Bonchev–Trinajstić information content (AvgIpc) is 2.73. The third-order valence-electron chi connectivity index (χ3n) is 2.00. The second kappa shape index (κ2) is 4.86. The molecule has 0 aliphatic rings. The lowest BCUT2D eigenvalue weighted by Crippen LogP contribution is -1.79. The van der Waals surface area contributed by atoms with Crippen molar-refractivity contribution < 1.29 is 4.42 Å². The Bertz CT molecular complexity index is 514. The average molecular weight is 230 g/mol. The lowest BCUT2D eigenvalue weighted by molar-refractivity contribution is 0.427. The Kier molecular flexibility index (Phi) is 3.28. The van der Waals surface area contributed by atoms with Crippen LogP contribution in [0.25, 0.3) is 0 Å². The summed E-state index contributed by atoms with van der Waals surface area (Å²) >= 11 is 1.42. The van der Waals surface area contributed by atoms with Crippen LogP contribution < -0.4 is 0 Å². The zero-order valence-electron chi connectivity index (χ0n) is 8.80. The van der Waals surface area contributed by atoms with Gasteiger partial charge in [0.05, 0.1) is 0 Å². The van der Waals surface area contributed by atoms with Crippen LogP contribution in [0.1, 0.15) is 18.5 Å². The number of aromatic nitrogens is 1. The molecule has 0 atom stereocenters. The molecule has 0 aliphatic heterocycles. The second-order valence-corrected chi connectivity index (χ2v) is 4.17. The van der Waals surface area contributed by atoms with Crippen molar-refractivity contribution in [3.63, 3.8) is 0 Å². The molecule has 0 N–H and O–H groups in total. The van der Waals surface area contributed by atoms with E-state index in [4.69, 9.17) is 9.68 Å². The minimum absolute atomic E-state index is 0.366. The molecule has 3 nitrogen and oxygen atoms in total. The molecule has 0 amide bonds. The van der Waals surface area contributed by atoms with E-state index in [9.17, 15) is 0 Å². The molecule has 0 saturated heterocycles. The Morgan fingerprint density at radius 2 is 2.12 bits per heavy atom. The Morgan fingerprint density at radius 3 is 2.75 bits per heavy atom. The Labute approximate surface area is 98.1 Å². The lowest BCUT2D eigenvalue weighted by Gasteiger charge is -1.96. The number of rotatable bonds is 3. The van der Waals surface area contributed by atoms with Crippen LogP contribution >= 0.6 is 11.8 Å². The van der Waals surface area contributed by atoms with Gasteiger partial charge < -0.3 is 4.42 Å². The fraction of sp³-hybridized carbons (Fsp3) is 0.167. The number of nitriles is 1. The van der Waals surface area contributed by atoms with Crippen molar-refractivity contribution in [1.82, 2.24) is 4.98 Å². The summed E-state index contributed by atoms with van der Waals surface area (Å²) in [6.45, 7) is 1.95. The van der Waals surface area contributed by atoms with Gasteiger partial charge in [-0.2, -0.15) is 5.26 Å². The van der Waals surface area contributed by atoms with Crippen LogP contribution in [0, 0.1) is 11.3 Å². The number of aryl methyl sites for hydroxylation is 1. The number of oxazole rings is 1. The summed E-state index contributed by atoms with van der Waals surface area (Å²) in [5, 5.41) is 9.49. The molecule has 2 aromatic rings. The zero-order chi connectivity index (χ0) is 11.4. The fourth-order valence-electron chi connectivity index (χ4n) is 1.24. The minimum atomic E-state index is 0.366. The first kappa shape index (κ1) is 10.8. The van der Waals surface area contributed by atoms with Gasteiger partial charge in [0.25, 0.3) is 0 Å². The van der Waals surface area contributed by atoms with Gasteiger partial charge in [0.2, 0.25) is 5.09 Å². The Balaban J connectivity index is 2.28. The highest BCUT2D eigenvalue weighted by molar-refractivity contribution is 7.99. The van der Waals surface area contributed by atoms with Gasteiger partial charge >= 0.3 is 0 Å². The van der Waals surface area contributed by atoms with Crippen molar-refractivity contribution in [2.24, 2.45) is 0 Å². The van der Waals surface area contributed by atoms with Crippen molar-refractivity contribution in [3.05, 3.63) is 41.9 Å². The maximum absolute atomic E-state index is 8.92. The molecule has 0 spiro atoms. The van der Waals surface area contributed by atoms with Crippen LogP contribution in [-0.2, 0) is 6.42 Å². The third kappa shape index (κ3) is 2.26. The lowest BCUT2D eigenvalue weighted by atomic mass is 10.4. The van der Waals surface area contributed by atoms with Gasteiger partial charge in [0.15, 0.2) is 11.6 Å². The summed E-state index contributed by atoms with van der Waals surface area (Å²) in [5.74, 6) is 0.606. The van der Waals surface area contributed by atoms with Crippen LogP contribution in [0.2, 0.25) is 0 Å². The van der Waals surface area contributed by atoms with Crippen molar-refractivity contribution in [2.45, 2.75) is 23.3 Å². The molecule has 0 radical (unpaired) electrons. The summed E-state index contributed by atoms with van der Waals surface area (Å²) in [4.78, 5) is 5.13. The first-order valence-corrected chi connectivity index (χ1v) is 5.78. The second-order valence-electron chi connectivity index (χ2n) is 3.12. The smallest absolute Gasteiger partial charge is 0.203 e. The summed E-state index contributed by atoms with van der Waals surface area (Å²) in [6, 6.07) is 11.8. The molecular formula is C12H10N2OS. The highest BCUT2D eigenvalue weighted by atomic mass is 32.2. The van der Waals surface area contributed by atoms with Crippen molar-refractivity contribution in [2.75, 3.05) is 0 Å². The molecule has 1 aromatic carbocycles. The summed E-state index contributed by atoms with van der Waals surface area (Å²) in [7, 11) is 0. The molecule has 0 fully saturated rings. The maximum Gasteiger partial charge on any atom is 0.203 e. The van der Waals surface area contributed by atoms with E-state index in [0.29, 0.717) is 23.1 Å². The summed E-state index contributed by atoms with van der Waals surface area (Å²) in [5.41, 5.74) is 0.366. The zero-order valence-corrected chi connectivity index (χ0v) is 9.62. The predicted molar refractivity (Wildman–Crippen MR) is 61.2 cm³/mol. The van der Waals surface area contributed by atoms with Crippen molar-refractivity contribution in [3.8, 4) is 6.07 Å². The van der Waals surface area contributed by atoms with E-state index >= 15 is 0 Å². The molecule has 4 heteroatoms. The van der Waals surface area contributed by atoms with E-state index in [-0.39, 0.29) is 0 Å². The van der Waals surface area contributed by atoms with E-state index in [0.717, 1.165) is 4.90 Å². The highest BCUT2D eigenvalue weighted by Crippen LogP contribution is 2.30. The normalized spacial score (nSPS) is 10.0. The van der Waals surface area contributed by atoms with Gasteiger partial charge in [-0.3, -0.25) is 0 Å². The van der Waals surface area contributed by atoms with E-state index in [1.807, 2.05) is 43.3 Å². The molecule has 1 heterocycles. The fourth-order valence-corrected chi connectivity index (χ4v) is 2.07. The van der Waals surface area contributed by atoms with Crippen molar-refractivity contribution in [1.29, 1.82) is 5.26 Å². The Morgan fingerprint density at radius 1 is 1.38 bits per heavy atom. The van der Waals surface area contributed by atoms with Gasteiger partial charge in [0.1, 0.15) is 6.07 Å². The van der Waals surface area contributed by atoms with E-state index < -0.39 is 0 Å². The molecule has 0 aliphatic carbocycles. The topological polar surface area (TPSA) is 49.8 Å². The minimum Gasteiger partial charge on any atom is -0.433 e. The van der Waals surface area contributed by atoms with Crippen LogP contribution in [0.4, 0.5) is 0 Å².